The molecule has 4 nitrogen and oxygen atoms in total. The van der Waals surface area contributed by atoms with Crippen molar-refractivity contribution in [3.8, 4) is 0 Å². The molecule has 1 aliphatic rings. The summed E-state index contributed by atoms with van der Waals surface area (Å²) in [4.78, 5) is 13.8. The highest BCUT2D eigenvalue weighted by Crippen LogP contribution is 2.14. The van der Waals surface area contributed by atoms with Crippen molar-refractivity contribution < 1.29 is 9.90 Å². The van der Waals surface area contributed by atoms with Gasteiger partial charge in [-0.3, -0.25) is 4.79 Å². The van der Waals surface area contributed by atoms with Gasteiger partial charge in [-0.2, -0.15) is 0 Å². The van der Waals surface area contributed by atoms with E-state index in [0.29, 0.717) is 19.0 Å². The Bertz CT molecular complexity index is 231. The van der Waals surface area contributed by atoms with Gasteiger partial charge in [0.25, 0.3) is 0 Å². The Morgan fingerprint density at radius 1 is 1.56 bits per heavy atom. The third kappa shape index (κ3) is 4.10. The molecule has 0 aliphatic carbocycles. The maximum atomic E-state index is 12.0. The van der Waals surface area contributed by atoms with Crippen LogP contribution in [0, 0.1) is 0 Å². The third-order valence-electron chi connectivity index (χ3n) is 3.17. The molecule has 0 spiro atoms. The molecule has 16 heavy (non-hydrogen) atoms. The molecule has 1 fully saturated rings. The highest BCUT2D eigenvalue weighted by molar-refractivity contribution is 5.81. The summed E-state index contributed by atoms with van der Waals surface area (Å²) in [6.07, 6.45) is 3.51. The van der Waals surface area contributed by atoms with E-state index in [-0.39, 0.29) is 18.1 Å². The zero-order valence-electron chi connectivity index (χ0n) is 10.6. The smallest absolute Gasteiger partial charge is 0.239 e. The van der Waals surface area contributed by atoms with Crippen molar-refractivity contribution in [3.05, 3.63) is 0 Å². The van der Waals surface area contributed by atoms with Crippen LogP contribution < -0.4 is 5.32 Å². The van der Waals surface area contributed by atoms with Gasteiger partial charge in [0, 0.05) is 19.6 Å². The number of aliphatic hydroxyl groups is 1. The van der Waals surface area contributed by atoms with Crippen molar-refractivity contribution in [2.75, 3.05) is 13.6 Å². The van der Waals surface area contributed by atoms with Gasteiger partial charge >= 0.3 is 0 Å². The molecule has 0 bridgehead atoms. The minimum atomic E-state index is -0.339. The van der Waals surface area contributed by atoms with Crippen molar-refractivity contribution in [1.82, 2.24) is 10.2 Å². The van der Waals surface area contributed by atoms with Crippen LogP contribution in [0.5, 0.6) is 0 Å². The molecule has 0 aromatic heterocycles. The van der Waals surface area contributed by atoms with E-state index in [2.05, 4.69) is 12.2 Å². The highest BCUT2D eigenvalue weighted by Gasteiger charge is 2.26. The third-order valence-corrected chi connectivity index (χ3v) is 3.17. The highest BCUT2D eigenvalue weighted by atomic mass is 16.3. The fourth-order valence-corrected chi connectivity index (χ4v) is 2.09. The number of hydrogen-bond acceptors (Lipinski definition) is 3. The molecular weight excluding hydrogens is 204 g/mol. The number of nitrogens with zero attached hydrogens (tertiary/aromatic N) is 1. The van der Waals surface area contributed by atoms with E-state index in [1.807, 2.05) is 7.05 Å². The van der Waals surface area contributed by atoms with E-state index in [1.54, 1.807) is 11.8 Å². The Kier molecular flexibility index (Phi) is 5.22. The van der Waals surface area contributed by atoms with E-state index < -0.39 is 0 Å². The van der Waals surface area contributed by atoms with Crippen LogP contribution in [0.25, 0.3) is 0 Å². The summed E-state index contributed by atoms with van der Waals surface area (Å²) in [7, 11) is 1.81. The summed E-state index contributed by atoms with van der Waals surface area (Å²) in [5.41, 5.74) is 0. The fraction of sp³-hybridized carbons (Fsp3) is 0.917. The van der Waals surface area contributed by atoms with Gasteiger partial charge < -0.3 is 15.3 Å². The fourth-order valence-electron chi connectivity index (χ4n) is 2.09. The zero-order valence-corrected chi connectivity index (χ0v) is 10.6. The van der Waals surface area contributed by atoms with Crippen LogP contribution in [0.15, 0.2) is 0 Å². The molecule has 1 amide bonds. The number of hydrogen-bond donors (Lipinski definition) is 2. The Morgan fingerprint density at radius 3 is 2.81 bits per heavy atom. The maximum Gasteiger partial charge on any atom is 0.239 e. The Morgan fingerprint density at radius 2 is 2.25 bits per heavy atom. The van der Waals surface area contributed by atoms with Crippen LogP contribution in [-0.4, -0.2) is 47.7 Å². The summed E-state index contributed by atoms with van der Waals surface area (Å²) in [5.74, 6) is 0.159. The number of amides is 1. The van der Waals surface area contributed by atoms with E-state index >= 15 is 0 Å². The summed E-state index contributed by atoms with van der Waals surface area (Å²) in [5, 5.41) is 12.5. The molecule has 4 heteroatoms. The van der Waals surface area contributed by atoms with Crippen molar-refractivity contribution in [3.63, 3.8) is 0 Å². The normalized spacial score (nSPS) is 27.5. The second-order valence-corrected chi connectivity index (χ2v) is 4.95. The van der Waals surface area contributed by atoms with Crippen LogP contribution in [0.4, 0.5) is 0 Å². The Labute approximate surface area is 98.0 Å². The first-order valence-electron chi connectivity index (χ1n) is 6.19. The second-order valence-electron chi connectivity index (χ2n) is 4.95. The molecule has 3 atom stereocenters. The first-order chi connectivity index (χ1) is 7.50. The number of nitrogens with one attached hydrogen (secondary N) is 1. The van der Waals surface area contributed by atoms with Crippen molar-refractivity contribution in [2.45, 2.75) is 57.7 Å². The monoisotopic (exact) mass is 228 g/mol. The predicted octanol–water partition coefficient (Wildman–Crippen LogP) is 0.746. The Balaban J connectivity index is 2.37. The number of likely N-dealkylation sites (N-methyl/N-ethyl adjacent to an activating group) is 1. The largest absolute Gasteiger partial charge is 0.393 e. The molecule has 0 radical (unpaired) electrons. The number of aliphatic hydroxyl groups excluding tert-OH is 1. The zero-order chi connectivity index (χ0) is 12.1. The van der Waals surface area contributed by atoms with Gasteiger partial charge in [-0.05, 0) is 39.5 Å². The lowest BCUT2D eigenvalue weighted by Crippen LogP contribution is -2.50. The van der Waals surface area contributed by atoms with Gasteiger partial charge in [-0.25, -0.2) is 0 Å². The molecule has 1 saturated heterocycles. The lowest BCUT2D eigenvalue weighted by atomic mass is 9.99. The molecule has 0 aromatic carbocycles. The van der Waals surface area contributed by atoms with Crippen LogP contribution in [0.1, 0.15) is 39.5 Å². The predicted molar refractivity (Wildman–Crippen MR) is 64.2 cm³/mol. The average molecular weight is 228 g/mol. The average Bonchev–Trinajstić information content (AvgIpc) is 2.24. The topological polar surface area (TPSA) is 52.6 Å². The molecule has 2 N–H and O–H groups in total. The first kappa shape index (κ1) is 13.5. The molecule has 94 valence electrons. The van der Waals surface area contributed by atoms with Crippen molar-refractivity contribution >= 4 is 5.91 Å². The molecule has 0 aromatic rings. The minimum absolute atomic E-state index is 0.0252. The summed E-state index contributed by atoms with van der Waals surface area (Å²) in [6.45, 7) is 4.50. The number of carbonyl (C=O) groups excluding carboxylic acids is 1. The molecule has 1 heterocycles. The van der Waals surface area contributed by atoms with Gasteiger partial charge in [0.2, 0.25) is 5.91 Å². The van der Waals surface area contributed by atoms with Crippen LogP contribution in [0.3, 0.4) is 0 Å². The van der Waals surface area contributed by atoms with E-state index in [1.165, 1.54) is 0 Å². The maximum absolute atomic E-state index is 12.0. The number of carbonyl (C=O) groups is 1. The van der Waals surface area contributed by atoms with Crippen molar-refractivity contribution in [2.24, 2.45) is 0 Å². The number of piperidine rings is 1. The minimum Gasteiger partial charge on any atom is -0.393 e. The molecule has 0 saturated carbocycles. The van der Waals surface area contributed by atoms with Crippen LogP contribution in [-0.2, 0) is 4.79 Å². The lowest BCUT2D eigenvalue weighted by Gasteiger charge is -2.31. The molecular formula is C12H24N2O2. The molecule has 1 aliphatic heterocycles. The number of rotatable bonds is 4. The van der Waals surface area contributed by atoms with Crippen LogP contribution in [0.2, 0.25) is 0 Å². The van der Waals surface area contributed by atoms with Gasteiger partial charge in [0.05, 0.1) is 12.1 Å². The van der Waals surface area contributed by atoms with Gasteiger partial charge in [-0.1, -0.05) is 0 Å². The van der Waals surface area contributed by atoms with E-state index in [4.69, 9.17) is 0 Å². The molecule has 1 rings (SSSR count). The van der Waals surface area contributed by atoms with Gasteiger partial charge in [0.1, 0.15) is 0 Å². The SMILES string of the molecule is CC(O)CCN(C)C(=O)C1CCCC(C)N1. The standard InChI is InChI=1S/C12H24N2O2/c1-9-5-4-6-11(13-9)12(16)14(3)8-7-10(2)15/h9-11,13,15H,4-8H2,1-3H3. The quantitative estimate of drug-likeness (QED) is 0.746. The summed E-state index contributed by atoms with van der Waals surface area (Å²) >= 11 is 0. The van der Waals surface area contributed by atoms with Crippen molar-refractivity contribution in [1.29, 1.82) is 0 Å². The van der Waals surface area contributed by atoms with E-state index in [0.717, 1.165) is 19.3 Å². The molecule has 3 unspecified atom stereocenters. The summed E-state index contributed by atoms with van der Waals surface area (Å²) in [6, 6.07) is 0.413. The Hall–Kier alpha value is -0.610. The first-order valence-corrected chi connectivity index (χ1v) is 6.19. The van der Waals surface area contributed by atoms with Gasteiger partial charge in [-0.15, -0.1) is 0 Å². The second kappa shape index (κ2) is 6.21. The summed E-state index contributed by atoms with van der Waals surface area (Å²) < 4.78 is 0. The van der Waals surface area contributed by atoms with Gasteiger partial charge in [0.15, 0.2) is 0 Å². The van der Waals surface area contributed by atoms with E-state index in [9.17, 15) is 9.90 Å². The van der Waals surface area contributed by atoms with Crippen LogP contribution >= 0.6 is 0 Å². The lowest BCUT2D eigenvalue weighted by molar-refractivity contribution is -0.133.